The van der Waals surface area contributed by atoms with E-state index in [1.54, 1.807) is 6.07 Å². The fraction of sp³-hybridized carbons (Fsp3) is 0.739. The van der Waals surface area contributed by atoms with Crippen molar-refractivity contribution in [2.75, 3.05) is 0 Å². The van der Waals surface area contributed by atoms with Crippen molar-refractivity contribution in [3.8, 4) is 17.2 Å². The van der Waals surface area contributed by atoms with Gasteiger partial charge >= 0.3 is 0 Å². The fourth-order valence-corrected chi connectivity index (χ4v) is 4.06. The predicted molar refractivity (Wildman–Crippen MR) is 106 cm³/mol. The highest BCUT2D eigenvalue weighted by atomic mass is 16.3. The molecule has 1 aromatic carbocycles. The third-order valence-corrected chi connectivity index (χ3v) is 6.84. The Morgan fingerprint density at radius 3 is 1.85 bits per heavy atom. The maximum atomic E-state index is 10.3. The topological polar surface area (TPSA) is 60.7 Å². The first-order chi connectivity index (χ1) is 12.3. The molecule has 1 aromatic rings. The molecule has 146 valence electrons. The molecule has 0 bridgehead atoms. The Hall–Kier alpha value is -1.38. The van der Waals surface area contributed by atoms with E-state index in [4.69, 9.17) is 0 Å². The molecule has 2 aliphatic rings. The normalized spacial score (nSPS) is 19.5. The summed E-state index contributed by atoms with van der Waals surface area (Å²) in [6.45, 7) is 4.73. The van der Waals surface area contributed by atoms with E-state index in [2.05, 4.69) is 13.8 Å². The molecule has 2 fully saturated rings. The summed E-state index contributed by atoms with van der Waals surface area (Å²) in [7, 11) is 0. The van der Waals surface area contributed by atoms with E-state index in [0.29, 0.717) is 10.8 Å². The van der Waals surface area contributed by atoms with Gasteiger partial charge in [0.25, 0.3) is 0 Å². The van der Waals surface area contributed by atoms with E-state index >= 15 is 0 Å². The zero-order valence-corrected chi connectivity index (χ0v) is 16.6. The monoisotopic (exact) mass is 360 g/mol. The van der Waals surface area contributed by atoms with Crippen LogP contribution in [0.5, 0.6) is 17.2 Å². The Morgan fingerprint density at radius 2 is 1.27 bits per heavy atom. The standard InChI is InChI=1S/C23H36O3/c1-22(12-13-22)10-6-3-4-9-18-17(16-19(24)21(26)20(18)25)8-5-7-11-23(2)14-15-23/h16,24-26H,3-15H2,1-2H3. The van der Waals surface area contributed by atoms with Gasteiger partial charge < -0.3 is 15.3 Å². The average Bonchev–Trinajstić information content (AvgIpc) is 3.51. The van der Waals surface area contributed by atoms with Gasteiger partial charge in [-0.1, -0.05) is 33.1 Å². The highest BCUT2D eigenvalue weighted by Gasteiger charge is 2.36. The number of rotatable bonds is 11. The summed E-state index contributed by atoms with van der Waals surface area (Å²) >= 11 is 0. The summed E-state index contributed by atoms with van der Waals surface area (Å²) in [5, 5.41) is 30.2. The lowest BCUT2D eigenvalue weighted by Gasteiger charge is -2.15. The van der Waals surface area contributed by atoms with E-state index in [-0.39, 0.29) is 17.2 Å². The second-order valence-corrected chi connectivity index (χ2v) is 9.62. The van der Waals surface area contributed by atoms with Crippen molar-refractivity contribution in [1.82, 2.24) is 0 Å². The van der Waals surface area contributed by atoms with E-state index in [1.165, 1.54) is 51.4 Å². The van der Waals surface area contributed by atoms with Crippen LogP contribution in [0.15, 0.2) is 6.07 Å². The molecule has 0 spiro atoms. The molecule has 0 aliphatic heterocycles. The Bertz CT molecular complexity index is 627. The van der Waals surface area contributed by atoms with Crippen LogP contribution in [0.4, 0.5) is 0 Å². The van der Waals surface area contributed by atoms with Gasteiger partial charge in [-0.15, -0.1) is 0 Å². The number of aryl methyl sites for hydroxylation is 1. The number of phenolic OH excluding ortho intramolecular Hbond substituents is 3. The quantitative estimate of drug-likeness (QED) is 0.324. The van der Waals surface area contributed by atoms with Gasteiger partial charge in [0, 0.05) is 5.56 Å². The molecule has 0 unspecified atom stereocenters. The van der Waals surface area contributed by atoms with Gasteiger partial charge in [-0.2, -0.15) is 0 Å². The molecule has 3 nitrogen and oxygen atoms in total. The first-order valence-electron chi connectivity index (χ1n) is 10.6. The van der Waals surface area contributed by atoms with Crippen LogP contribution in [0.3, 0.4) is 0 Å². The third kappa shape index (κ3) is 5.08. The van der Waals surface area contributed by atoms with Crippen LogP contribution in [-0.2, 0) is 12.8 Å². The lowest BCUT2D eigenvalue weighted by atomic mass is 9.93. The van der Waals surface area contributed by atoms with Crippen LogP contribution in [0.2, 0.25) is 0 Å². The lowest BCUT2D eigenvalue weighted by molar-refractivity contribution is 0.363. The molecule has 26 heavy (non-hydrogen) atoms. The van der Waals surface area contributed by atoms with Gasteiger partial charge in [0.1, 0.15) is 0 Å². The van der Waals surface area contributed by atoms with Gasteiger partial charge in [-0.25, -0.2) is 0 Å². The number of aromatic hydroxyl groups is 3. The Kier molecular flexibility index (Phi) is 5.74. The number of phenols is 3. The fourth-order valence-electron chi connectivity index (χ4n) is 4.06. The number of benzene rings is 1. The summed E-state index contributed by atoms with van der Waals surface area (Å²) in [5.74, 6) is -0.667. The van der Waals surface area contributed by atoms with Gasteiger partial charge in [0.15, 0.2) is 11.5 Å². The van der Waals surface area contributed by atoms with Crippen molar-refractivity contribution in [3.63, 3.8) is 0 Å². The van der Waals surface area contributed by atoms with Gasteiger partial charge in [0.2, 0.25) is 5.75 Å². The first kappa shape index (κ1) is 19.4. The second kappa shape index (κ2) is 7.70. The zero-order valence-electron chi connectivity index (χ0n) is 16.6. The van der Waals surface area contributed by atoms with Crippen LogP contribution < -0.4 is 0 Å². The maximum absolute atomic E-state index is 10.3. The van der Waals surface area contributed by atoms with Gasteiger partial charge in [-0.05, 0) is 86.7 Å². The largest absolute Gasteiger partial charge is 0.504 e. The van der Waals surface area contributed by atoms with E-state index in [9.17, 15) is 15.3 Å². The summed E-state index contributed by atoms with van der Waals surface area (Å²) in [6.07, 6.45) is 15.4. The molecule has 0 heterocycles. The molecule has 2 aliphatic carbocycles. The maximum Gasteiger partial charge on any atom is 0.200 e. The van der Waals surface area contributed by atoms with Crippen molar-refractivity contribution in [1.29, 1.82) is 0 Å². The minimum atomic E-state index is -0.361. The Labute approximate surface area is 158 Å². The third-order valence-electron chi connectivity index (χ3n) is 6.84. The lowest BCUT2D eigenvalue weighted by Crippen LogP contribution is -1.99. The Balaban J connectivity index is 1.52. The number of unbranched alkanes of at least 4 members (excludes halogenated alkanes) is 3. The molecule has 3 heteroatoms. The highest BCUT2D eigenvalue weighted by Crippen LogP contribution is 2.50. The van der Waals surface area contributed by atoms with Crippen molar-refractivity contribution in [2.24, 2.45) is 10.8 Å². The van der Waals surface area contributed by atoms with E-state index in [1.807, 2.05) is 0 Å². The molecule has 0 radical (unpaired) electrons. The second-order valence-electron chi connectivity index (χ2n) is 9.62. The molecule has 0 saturated heterocycles. The van der Waals surface area contributed by atoms with Crippen molar-refractivity contribution in [3.05, 3.63) is 17.2 Å². The summed E-state index contributed by atoms with van der Waals surface area (Å²) in [4.78, 5) is 0. The van der Waals surface area contributed by atoms with Crippen LogP contribution >= 0.6 is 0 Å². The predicted octanol–water partition coefficient (Wildman–Crippen LogP) is 6.22. The number of hydrogen-bond donors (Lipinski definition) is 3. The molecule has 0 atom stereocenters. The zero-order chi connectivity index (χ0) is 18.8. The molecule has 2 saturated carbocycles. The molecule has 0 amide bonds. The SMILES string of the molecule is CC1(CCCCCc2c(CCCCC3(C)CC3)cc(O)c(O)c2O)CC1. The molecular formula is C23H36O3. The van der Waals surface area contributed by atoms with Crippen LogP contribution in [-0.4, -0.2) is 15.3 Å². The summed E-state index contributed by atoms with van der Waals surface area (Å²) in [5.41, 5.74) is 3.05. The average molecular weight is 361 g/mol. The van der Waals surface area contributed by atoms with Crippen molar-refractivity contribution in [2.45, 2.75) is 97.3 Å². The van der Waals surface area contributed by atoms with Crippen molar-refractivity contribution < 1.29 is 15.3 Å². The van der Waals surface area contributed by atoms with Crippen LogP contribution in [0.1, 0.15) is 95.6 Å². The van der Waals surface area contributed by atoms with Crippen LogP contribution in [0, 0.1) is 10.8 Å². The Morgan fingerprint density at radius 1 is 0.731 bits per heavy atom. The minimum absolute atomic E-state index is 0.108. The van der Waals surface area contributed by atoms with Gasteiger partial charge in [-0.3, -0.25) is 0 Å². The molecule has 3 N–H and O–H groups in total. The van der Waals surface area contributed by atoms with E-state index in [0.717, 1.165) is 43.2 Å². The molecule has 0 aromatic heterocycles. The van der Waals surface area contributed by atoms with Crippen molar-refractivity contribution >= 4 is 0 Å². The first-order valence-corrected chi connectivity index (χ1v) is 10.6. The smallest absolute Gasteiger partial charge is 0.200 e. The van der Waals surface area contributed by atoms with Gasteiger partial charge in [0.05, 0.1) is 0 Å². The van der Waals surface area contributed by atoms with E-state index < -0.39 is 0 Å². The summed E-state index contributed by atoms with van der Waals surface area (Å²) < 4.78 is 0. The van der Waals surface area contributed by atoms with Crippen LogP contribution in [0.25, 0.3) is 0 Å². The summed E-state index contributed by atoms with van der Waals surface area (Å²) in [6, 6.07) is 1.66. The highest BCUT2D eigenvalue weighted by molar-refractivity contribution is 5.57. The number of hydrogen-bond acceptors (Lipinski definition) is 3. The molecule has 3 rings (SSSR count). The minimum Gasteiger partial charge on any atom is -0.504 e. The molecular weight excluding hydrogens is 324 g/mol.